The van der Waals surface area contributed by atoms with E-state index < -0.39 is 0 Å². The van der Waals surface area contributed by atoms with E-state index in [0.717, 1.165) is 35.9 Å². The molecule has 0 radical (unpaired) electrons. The Kier molecular flexibility index (Phi) is 3.33. The van der Waals surface area contributed by atoms with Crippen LogP contribution in [0.15, 0.2) is 24.3 Å². The number of para-hydroxylation sites is 1. The Hall–Kier alpha value is -1.95. The number of benzene rings is 1. The third kappa shape index (κ3) is 2.18. The molecule has 2 aromatic rings. The molecule has 1 saturated carbocycles. The van der Waals surface area contributed by atoms with E-state index in [0.29, 0.717) is 5.13 Å². The van der Waals surface area contributed by atoms with Gasteiger partial charge in [-0.25, -0.2) is 14.7 Å². The van der Waals surface area contributed by atoms with Crippen molar-refractivity contribution in [3.63, 3.8) is 0 Å². The molecule has 4 rings (SSSR count). The third-order valence-electron chi connectivity index (χ3n) is 4.48. The van der Waals surface area contributed by atoms with E-state index in [2.05, 4.69) is 4.98 Å². The summed E-state index contributed by atoms with van der Waals surface area (Å²) >= 11 is 1.40. The van der Waals surface area contributed by atoms with E-state index in [1.807, 2.05) is 24.3 Å². The third-order valence-corrected chi connectivity index (χ3v) is 5.50. The Labute approximate surface area is 132 Å². The summed E-state index contributed by atoms with van der Waals surface area (Å²) < 4.78 is 0.995. The summed E-state index contributed by atoms with van der Waals surface area (Å²) in [7, 11) is 0. The molecule has 0 unspecified atom stereocenters. The number of aromatic nitrogens is 1. The first-order valence-corrected chi connectivity index (χ1v) is 8.55. The molecule has 114 valence electrons. The molecule has 3 amide bonds. The van der Waals surface area contributed by atoms with Crippen molar-refractivity contribution in [2.75, 3.05) is 11.4 Å². The summed E-state index contributed by atoms with van der Waals surface area (Å²) in [6, 6.07) is 7.72. The summed E-state index contributed by atoms with van der Waals surface area (Å²) in [6.07, 6.45) is 5.53. The highest BCUT2D eigenvalue weighted by atomic mass is 32.1. The molecule has 2 aliphatic rings. The number of anilines is 1. The molecule has 1 aliphatic carbocycles. The predicted molar refractivity (Wildman–Crippen MR) is 86.1 cm³/mol. The number of nitrogens with zero attached hydrogens (tertiary/aromatic N) is 3. The maximum atomic E-state index is 12.7. The van der Waals surface area contributed by atoms with Gasteiger partial charge >= 0.3 is 6.03 Å². The molecule has 1 aromatic heterocycles. The van der Waals surface area contributed by atoms with Crippen LogP contribution in [-0.2, 0) is 4.79 Å². The highest BCUT2D eigenvalue weighted by Crippen LogP contribution is 2.33. The number of carbonyl (C=O) groups is 2. The van der Waals surface area contributed by atoms with Crippen molar-refractivity contribution in [1.29, 1.82) is 0 Å². The first-order chi connectivity index (χ1) is 10.7. The molecular weight excluding hydrogens is 298 g/mol. The van der Waals surface area contributed by atoms with E-state index in [4.69, 9.17) is 0 Å². The smallest absolute Gasteiger partial charge is 0.312 e. The van der Waals surface area contributed by atoms with Crippen molar-refractivity contribution < 1.29 is 9.59 Å². The molecule has 2 fully saturated rings. The lowest BCUT2D eigenvalue weighted by molar-refractivity contribution is -0.116. The minimum atomic E-state index is -0.198. The summed E-state index contributed by atoms with van der Waals surface area (Å²) in [4.78, 5) is 32.5. The van der Waals surface area contributed by atoms with Gasteiger partial charge < -0.3 is 4.90 Å². The molecule has 5 nitrogen and oxygen atoms in total. The lowest BCUT2D eigenvalue weighted by Crippen LogP contribution is -2.40. The van der Waals surface area contributed by atoms with Crippen LogP contribution in [0.4, 0.5) is 9.93 Å². The topological polar surface area (TPSA) is 53.5 Å². The average Bonchev–Trinajstić information content (AvgIpc) is 3.08. The van der Waals surface area contributed by atoms with Crippen molar-refractivity contribution >= 4 is 38.6 Å². The SMILES string of the molecule is O=C1CN(C2CCCCC2)C(=O)N1c1nc2ccccc2s1. The summed E-state index contributed by atoms with van der Waals surface area (Å²) in [5.41, 5.74) is 0.833. The lowest BCUT2D eigenvalue weighted by atomic mass is 9.94. The van der Waals surface area contributed by atoms with Gasteiger partial charge in [0.05, 0.1) is 10.2 Å². The van der Waals surface area contributed by atoms with Crippen LogP contribution >= 0.6 is 11.3 Å². The molecule has 0 N–H and O–H groups in total. The number of imide groups is 1. The molecule has 0 atom stereocenters. The lowest BCUT2D eigenvalue weighted by Gasteiger charge is -2.29. The molecule has 1 saturated heterocycles. The van der Waals surface area contributed by atoms with Crippen LogP contribution in [0.2, 0.25) is 0 Å². The molecule has 6 heteroatoms. The van der Waals surface area contributed by atoms with Crippen LogP contribution in [0.3, 0.4) is 0 Å². The number of hydrogen-bond acceptors (Lipinski definition) is 4. The molecule has 0 bridgehead atoms. The fraction of sp³-hybridized carbons (Fsp3) is 0.438. The highest BCUT2D eigenvalue weighted by molar-refractivity contribution is 7.22. The molecule has 0 spiro atoms. The van der Waals surface area contributed by atoms with E-state index >= 15 is 0 Å². The van der Waals surface area contributed by atoms with Crippen molar-refractivity contribution in [2.45, 2.75) is 38.1 Å². The molecule has 1 aliphatic heterocycles. The maximum absolute atomic E-state index is 12.7. The zero-order valence-corrected chi connectivity index (χ0v) is 13.0. The standard InChI is InChI=1S/C16H17N3O2S/c20-14-10-18(11-6-2-1-3-7-11)16(21)19(14)15-17-12-8-4-5-9-13(12)22-15/h4-5,8-9,11H,1-3,6-7,10H2. The van der Waals surface area contributed by atoms with Crippen LogP contribution in [-0.4, -0.2) is 34.4 Å². The number of carbonyl (C=O) groups excluding carboxylic acids is 2. The van der Waals surface area contributed by atoms with E-state index in [1.165, 1.54) is 22.7 Å². The fourth-order valence-electron chi connectivity index (χ4n) is 3.34. The number of urea groups is 1. The van der Waals surface area contributed by atoms with E-state index in [9.17, 15) is 9.59 Å². The van der Waals surface area contributed by atoms with Crippen molar-refractivity contribution in [3.8, 4) is 0 Å². The van der Waals surface area contributed by atoms with Gasteiger partial charge in [0.25, 0.3) is 5.91 Å². The number of rotatable bonds is 2. The monoisotopic (exact) mass is 315 g/mol. The van der Waals surface area contributed by atoms with Crippen LogP contribution in [0.25, 0.3) is 10.2 Å². The Morgan fingerprint density at radius 2 is 1.86 bits per heavy atom. The van der Waals surface area contributed by atoms with Gasteiger partial charge in [0, 0.05) is 6.04 Å². The van der Waals surface area contributed by atoms with Gasteiger partial charge in [-0.05, 0) is 25.0 Å². The second-order valence-electron chi connectivity index (χ2n) is 5.90. The second kappa shape index (κ2) is 5.35. The summed E-state index contributed by atoms with van der Waals surface area (Å²) in [6.45, 7) is 0.194. The molecular formula is C16H17N3O2S. The summed E-state index contributed by atoms with van der Waals surface area (Å²) in [5.74, 6) is -0.158. The Morgan fingerprint density at radius 1 is 1.09 bits per heavy atom. The fourth-order valence-corrected chi connectivity index (χ4v) is 4.32. The molecule has 22 heavy (non-hydrogen) atoms. The average molecular weight is 315 g/mol. The maximum Gasteiger partial charge on any atom is 0.334 e. The van der Waals surface area contributed by atoms with Crippen LogP contribution < -0.4 is 4.90 Å². The minimum Gasteiger partial charge on any atom is -0.312 e. The Balaban J connectivity index is 1.64. The van der Waals surface area contributed by atoms with Gasteiger partial charge in [0.15, 0.2) is 0 Å². The van der Waals surface area contributed by atoms with E-state index in [-0.39, 0.29) is 24.5 Å². The molecule has 1 aromatic carbocycles. The first kappa shape index (κ1) is 13.7. The number of amides is 3. The largest absolute Gasteiger partial charge is 0.334 e. The van der Waals surface area contributed by atoms with Gasteiger partial charge in [0.1, 0.15) is 6.54 Å². The van der Waals surface area contributed by atoms with Gasteiger partial charge in [0.2, 0.25) is 5.13 Å². The van der Waals surface area contributed by atoms with Crippen LogP contribution in [0.1, 0.15) is 32.1 Å². The van der Waals surface area contributed by atoms with Crippen molar-refractivity contribution in [2.24, 2.45) is 0 Å². The normalized spacial score (nSPS) is 20.4. The Morgan fingerprint density at radius 3 is 2.64 bits per heavy atom. The summed E-state index contributed by atoms with van der Waals surface area (Å²) in [5, 5.41) is 0.495. The quantitative estimate of drug-likeness (QED) is 0.798. The van der Waals surface area contributed by atoms with Gasteiger partial charge in [-0.1, -0.05) is 42.7 Å². The number of fused-ring (bicyclic) bond motifs is 1. The highest BCUT2D eigenvalue weighted by Gasteiger charge is 2.42. The van der Waals surface area contributed by atoms with Gasteiger partial charge in [-0.2, -0.15) is 0 Å². The Bertz CT molecular complexity index is 703. The first-order valence-electron chi connectivity index (χ1n) is 7.73. The van der Waals surface area contributed by atoms with Crippen LogP contribution in [0, 0.1) is 0 Å². The van der Waals surface area contributed by atoms with Gasteiger partial charge in [-0.15, -0.1) is 0 Å². The minimum absolute atomic E-state index is 0.158. The van der Waals surface area contributed by atoms with Crippen LogP contribution in [0.5, 0.6) is 0 Å². The van der Waals surface area contributed by atoms with Crippen molar-refractivity contribution in [3.05, 3.63) is 24.3 Å². The predicted octanol–water partition coefficient (Wildman–Crippen LogP) is 3.40. The zero-order chi connectivity index (χ0) is 15.1. The molecule has 2 heterocycles. The van der Waals surface area contributed by atoms with Crippen molar-refractivity contribution in [1.82, 2.24) is 9.88 Å². The van der Waals surface area contributed by atoms with E-state index in [1.54, 1.807) is 4.90 Å². The number of thiazole rings is 1. The number of hydrogen-bond donors (Lipinski definition) is 0. The second-order valence-corrected chi connectivity index (χ2v) is 6.90. The van der Waals surface area contributed by atoms with Gasteiger partial charge in [-0.3, -0.25) is 4.79 Å². The zero-order valence-electron chi connectivity index (χ0n) is 12.2.